The molecular weight excluding hydrogens is 402 g/mol. The molecule has 1 aromatic heterocycles. The Balaban J connectivity index is 1.63. The van der Waals surface area contributed by atoms with Gasteiger partial charge in [0.05, 0.1) is 19.1 Å². The lowest BCUT2D eigenvalue weighted by Gasteiger charge is -2.13. The van der Waals surface area contributed by atoms with Crippen molar-refractivity contribution in [2.75, 3.05) is 17.7 Å². The van der Waals surface area contributed by atoms with Crippen LogP contribution in [0.2, 0.25) is 0 Å². The van der Waals surface area contributed by atoms with E-state index in [9.17, 15) is 9.59 Å². The molecule has 2 aromatic carbocycles. The van der Waals surface area contributed by atoms with Crippen molar-refractivity contribution in [3.05, 3.63) is 77.7 Å². The van der Waals surface area contributed by atoms with Gasteiger partial charge in [0.1, 0.15) is 5.75 Å². The second kappa shape index (κ2) is 9.71. The van der Waals surface area contributed by atoms with Crippen LogP contribution in [-0.4, -0.2) is 24.0 Å². The summed E-state index contributed by atoms with van der Waals surface area (Å²) in [6.07, 6.45) is 2.33. The lowest BCUT2D eigenvalue weighted by Crippen LogP contribution is -2.34. The first-order valence-electron chi connectivity index (χ1n) is 9.24. The summed E-state index contributed by atoms with van der Waals surface area (Å²) >= 11 is 5.23. The van der Waals surface area contributed by atoms with Crippen molar-refractivity contribution in [2.24, 2.45) is 0 Å². The Labute approximate surface area is 179 Å². The van der Waals surface area contributed by atoms with Gasteiger partial charge in [-0.2, -0.15) is 0 Å². The molecule has 0 saturated carbocycles. The van der Waals surface area contributed by atoms with Gasteiger partial charge in [-0.1, -0.05) is 19.1 Å². The number of methoxy groups -OCH3 is 1. The first-order valence-corrected chi connectivity index (χ1v) is 9.65. The number of furan rings is 1. The van der Waals surface area contributed by atoms with Gasteiger partial charge in [0.25, 0.3) is 11.8 Å². The van der Waals surface area contributed by atoms with E-state index in [1.54, 1.807) is 42.5 Å². The van der Waals surface area contributed by atoms with Crippen LogP contribution in [0.15, 0.2) is 65.3 Å². The van der Waals surface area contributed by atoms with Crippen LogP contribution < -0.4 is 20.7 Å². The zero-order chi connectivity index (χ0) is 21.5. The standard InChI is InChI=1S/C22H21N3O4S/c1-3-14-6-8-15(9-7-14)20(26)25-22(30)23-16-10-11-17(19(13-16)28-2)24-21(27)18-5-4-12-29-18/h4-13H,3H2,1-2H3,(H,24,27)(H2,23,25,26,30). The maximum atomic E-state index is 12.3. The Morgan fingerprint density at radius 1 is 1.03 bits per heavy atom. The molecule has 8 heteroatoms. The Bertz CT molecular complexity index is 1050. The number of amides is 2. The number of carbonyl (C=O) groups excluding carboxylic acids is 2. The Kier molecular flexibility index (Phi) is 6.82. The van der Waals surface area contributed by atoms with Gasteiger partial charge in [0.15, 0.2) is 10.9 Å². The molecule has 0 radical (unpaired) electrons. The van der Waals surface area contributed by atoms with E-state index in [2.05, 4.69) is 22.9 Å². The molecule has 3 N–H and O–H groups in total. The highest BCUT2D eigenvalue weighted by molar-refractivity contribution is 7.80. The molecule has 0 aliphatic heterocycles. The average molecular weight is 423 g/mol. The molecule has 7 nitrogen and oxygen atoms in total. The van der Waals surface area contributed by atoms with Crippen LogP contribution in [-0.2, 0) is 6.42 Å². The molecule has 0 saturated heterocycles. The summed E-state index contributed by atoms with van der Waals surface area (Å²) in [5, 5.41) is 8.45. The van der Waals surface area contributed by atoms with Gasteiger partial charge in [0, 0.05) is 17.3 Å². The number of carbonyl (C=O) groups is 2. The van der Waals surface area contributed by atoms with Crippen LogP contribution in [0.4, 0.5) is 11.4 Å². The fraction of sp³-hybridized carbons (Fsp3) is 0.136. The molecule has 0 aliphatic rings. The normalized spacial score (nSPS) is 10.2. The number of ether oxygens (including phenoxy) is 1. The number of hydrogen-bond acceptors (Lipinski definition) is 5. The zero-order valence-corrected chi connectivity index (χ0v) is 17.3. The molecule has 3 rings (SSSR count). The third-order valence-electron chi connectivity index (χ3n) is 4.30. The second-order valence-electron chi connectivity index (χ2n) is 6.31. The van der Waals surface area contributed by atoms with Gasteiger partial charge < -0.3 is 19.8 Å². The van der Waals surface area contributed by atoms with Crippen LogP contribution in [0.1, 0.15) is 33.4 Å². The highest BCUT2D eigenvalue weighted by atomic mass is 32.1. The summed E-state index contributed by atoms with van der Waals surface area (Å²) in [4.78, 5) is 24.5. The molecule has 0 spiro atoms. The monoisotopic (exact) mass is 423 g/mol. The minimum Gasteiger partial charge on any atom is -0.494 e. The van der Waals surface area contributed by atoms with Gasteiger partial charge in [-0.25, -0.2) is 0 Å². The Morgan fingerprint density at radius 2 is 1.80 bits per heavy atom. The van der Waals surface area contributed by atoms with E-state index in [-0.39, 0.29) is 16.8 Å². The molecule has 0 atom stereocenters. The number of rotatable bonds is 6. The molecule has 1 heterocycles. The highest BCUT2D eigenvalue weighted by Gasteiger charge is 2.13. The summed E-state index contributed by atoms with van der Waals surface area (Å²) in [7, 11) is 1.49. The minimum absolute atomic E-state index is 0.147. The van der Waals surface area contributed by atoms with Crippen LogP contribution in [0.25, 0.3) is 0 Å². The lowest BCUT2D eigenvalue weighted by molar-refractivity contribution is 0.0975. The highest BCUT2D eigenvalue weighted by Crippen LogP contribution is 2.28. The smallest absolute Gasteiger partial charge is 0.291 e. The lowest BCUT2D eigenvalue weighted by atomic mass is 10.1. The Hall–Kier alpha value is -3.65. The SMILES string of the molecule is CCc1ccc(C(=O)NC(=S)Nc2ccc(NC(=O)c3ccco3)c(OC)c2)cc1. The third kappa shape index (κ3) is 5.24. The number of hydrogen-bond donors (Lipinski definition) is 3. The van der Waals surface area contributed by atoms with Crippen molar-refractivity contribution >= 4 is 40.5 Å². The van der Waals surface area contributed by atoms with Crippen molar-refractivity contribution in [2.45, 2.75) is 13.3 Å². The Morgan fingerprint density at radius 3 is 2.43 bits per heavy atom. The topological polar surface area (TPSA) is 92.6 Å². The molecule has 30 heavy (non-hydrogen) atoms. The maximum absolute atomic E-state index is 12.3. The van der Waals surface area contributed by atoms with E-state index in [1.165, 1.54) is 13.4 Å². The molecule has 3 aromatic rings. The van der Waals surface area contributed by atoms with Crippen molar-refractivity contribution < 1.29 is 18.7 Å². The van der Waals surface area contributed by atoms with E-state index in [0.717, 1.165) is 12.0 Å². The fourth-order valence-electron chi connectivity index (χ4n) is 2.69. The van der Waals surface area contributed by atoms with Gasteiger partial charge >= 0.3 is 0 Å². The molecule has 0 bridgehead atoms. The van der Waals surface area contributed by atoms with Crippen LogP contribution in [0.5, 0.6) is 5.75 Å². The van der Waals surface area contributed by atoms with Gasteiger partial charge in [-0.05, 0) is 60.6 Å². The number of aryl methyl sites for hydroxylation is 1. The van der Waals surface area contributed by atoms with E-state index in [4.69, 9.17) is 21.4 Å². The number of thiocarbonyl (C=S) groups is 1. The molecular formula is C22H21N3O4S. The van der Waals surface area contributed by atoms with E-state index in [1.807, 2.05) is 12.1 Å². The molecule has 0 unspecified atom stereocenters. The van der Waals surface area contributed by atoms with Crippen molar-refractivity contribution in [3.8, 4) is 5.75 Å². The van der Waals surface area contributed by atoms with E-state index >= 15 is 0 Å². The second-order valence-corrected chi connectivity index (χ2v) is 6.71. The minimum atomic E-state index is -0.393. The number of nitrogens with one attached hydrogen (secondary N) is 3. The molecule has 0 aliphatic carbocycles. The maximum Gasteiger partial charge on any atom is 0.291 e. The first-order chi connectivity index (χ1) is 14.5. The number of benzene rings is 2. The van der Waals surface area contributed by atoms with Gasteiger partial charge in [-0.15, -0.1) is 0 Å². The molecule has 0 fully saturated rings. The van der Waals surface area contributed by atoms with Gasteiger partial charge in [0.2, 0.25) is 0 Å². The van der Waals surface area contributed by atoms with Gasteiger partial charge in [-0.3, -0.25) is 14.9 Å². The summed E-state index contributed by atoms with van der Waals surface area (Å²) in [5.41, 5.74) is 2.73. The molecule has 154 valence electrons. The quantitative estimate of drug-likeness (QED) is 0.514. The summed E-state index contributed by atoms with van der Waals surface area (Å²) in [5.74, 6) is -0.0837. The predicted molar refractivity (Wildman–Crippen MR) is 119 cm³/mol. The van der Waals surface area contributed by atoms with Crippen molar-refractivity contribution in [1.29, 1.82) is 0 Å². The van der Waals surface area contributed by atoms with Crippen molar-refractivity contribution in [1.82, 2.24) is 5.32 Å². The number of anilines is 2. The largest absolute Gasteiger partial charge is 0.494 e. The summed E-state index contributed by atoms with van der Waals surface area (Å²) < 4.78 is 10.4. The van der Waals surface area contributed by atoms with Crippen LogP contribution in [0.3, 0.4) is 0 Å². The van der Waals surface area contributed by atoms with E-state index in [0.29, 0.717) is 22.7 Å². The first kappa shape index (κ1) is 21.1. The zero-order valence-electron chi connectivity index (χ0n) is 16.5. The summed E-state index contributed by atoms with van der Waals surface area (Å²) in [6.45, 7) is 2.05. The van der Waals surface area contributed by atoms with E-state index < -0.39 is 5.91 Å². The average Bonchev–Trinajstić information content (AvgIpc) is 3.30. The fourth-order valence-corrected chi connectivity index (χ4v) is 2.90. The van der Waals surface area contributed by atoms with Crippen LogP contribution >= 0.6 is 12.2 Å². The van der Waals surface area contributed by atoms with Crippen molar-refractivity contribution in [3.63, 3.8) is 0 Å². The predicted octanol–water partition coefficient (Wildman–Crippen LogP) is 4.23. The third-order valence-corrected chi connectivity index (χ3v) is 4.51. The van der Waals surface area contributed by atoms with Crippen LogP contribution in [0, 0.1) is 0 Å². The summed E-state index contributed by atoms with van der Waals surface area (Å²) in [6, 6.07) is 15.6. The molecule has 2 amide bonds.